The third-order valence-electron chi connectivity index (χ3n) is 6.19. The lowest BCUT2D eigenvalue weighted by molar-refractivity contribution is -0.140. The van der Waals surface area contributed by atoms with Crippen LogP contribution in [0.5, 0.6) is 5.75 Å². The molecule has 0 saturated carbocycles. The molecule has 2 aromatic carbocycles. The van der Waals surface area contributed by atoms with Crippen LogP contribution in [0.1, 0.15) is 25.5 Å². The Hall–Kier alpha value is -3.82. The third kappa shape index (κ3) is 6.99. The van der Waals surface area contributed by atoms with Crippen LogP contribution < -0.4 is 20.5 Å². The number of hydrogen-bond acceptors (Lipinski definition) is 6. The van der Waals surface area contributed by atoms with Crippen molar-refractivity contribution in [3.8, 4) is 17.6 Å². The van der Waals surface area contributed by atoms with Gasteiger partial charge in [-0.2, -0.15) is 13.2 Å². The van der Waals surface area contributed by atoms with Crippen LogP contribution >= 0.6 is 0 Å². The smallest absolute Gasteiger partial charge is 0.406 e. The summed E-state index contributed by atoms with van der Waals surface area (Å²) in [5.74, 6) is 6.60. The van der Waals surface area contributed by atoms with Crippen molar-refractivity contribution in [3.63, 3.8) is 0 Å². The van der Waals surface area contributed by atoms with Gasteiger partial charge in [-0.25, -0.2) is 13.6 Å². The van der Waals surface area contributed by atoms with Gasteiger partial charge in [0.2, 0.25) is 10.0 Å². The van der Waals surface area contributed by atoms with E-state index in [0.717, 1.165) is 11.0 Å². The molecule has 2 atom stereocenters. The van der Waals surface area contributed by atoms with Crippen molar-refractivity contribution in [1.82, 2.24) is 4.57 Å². The van der Waals surface area contributed by atoms with Crippen molar-refractivity contribution in [1.29, 1.82) is 0 Å². The topological polar surface area (TPSA) is 108 Å². The van der Waals surface area contributed by atoms with E-state index >= 15 is 0 Å². The average Bonchev–Trinajstić information content (AvgIpc) is 3.17. The number of nitrogens with two attached hydrogens (primary N) is 1. The number of rotatable bonds is 7. The normalized spacial score (nSPS) is 17.7. The number of aromatic nitrogens is 1. The van der Waals surface area contributed by atoms with Crippen molar-refractivity contribution in [2.24, 2.45) is 5.14 Å². The van der Waals surface area contributed by atoms with Crippen LogP contribution in [-0.4, -0.2) is 45.0 Å². The number of alkyl halides is 3. The molecular weight excluding hydrogens is 533 g/mol. The highest BCUT2D eigenvalue weighted by molar-refractivity contribution is 7.89. The minimum atomic E-state index is -4.45. The van der Waals surface area contributed by atoms with Gasteiger partial charge in [-0.05, 0) is 43.2 Å². The van der Waals surface area contributed by atoms with E-state index in [-0.39, 0.29) is 35.0 Å². The van der Waals surface area contributed by atoms with Crippen molar-refractivity contribution >= 4 is 32.3 Å². The van der Waals surface area contributed by atoms with Crippen LogP contribution in [0, 0.1) is 11.8 Å². The number of nitrogens with zero attached hydrogens (tertiary/aromatic N) is 1. The standard InChI is InChI=1S/C27H29F3N4O4S/c1-17-12-19(13-18(2)38-17)33-23-7-4-8-25-22(23)14-20(34(25)16-27(28,29)30)6-5-11-32-24-10-9-21(39(31,35)36)15-26(24)37-3/h4,7-10,14-15,18-19,32-33H,1,11-13,16H2,2-3H3,(H2,31,35,36)/t18-,19-/m0/s1. The van der Waals surface area contributed by atoms with Crippen molar-refractivity contribution in [2.75, 3.05) is 24.3 Å². The maximum Gasteiger partial charge on any atom is 0.406 e. The van der Waals surface area contributed by atoms with E-state index in [4.69, 9.17) is 14.6 Å². The van der Waals surface area contributed by atoms with Crippen molar-refractivity contribution in [2.45, 2.75) is 49.5 Å². The highest BCUT2D eigenvalue weighted by Crippen LogP contribution is 2.32. The zero-order valence-electron chi connectivity index (χ0n) is 21.4. The minimum absolute atomic E-state index is 0.0127. The van der Waals surface area contributed by atoms with Crippen LogP contribution in [-0.2, 0) is 21.3 Å². The molecule has 1 saturated heterocycles. The maximum atomic E-state index is 13.5. The van der Waals surface area contributed by atoms with Crippen LogP contribution in [0.25, 0.3) is 10.9 Å². The monoisotopic (exact) mass is 562 g/mol. The van der Waals surface area contributed by atoms with E-state index in [1.165, 1.54) is 25.3 Å². The molecule has 8 nitrogen and oxygen atoms in total. The van der Waals surface area contributed by atoms with Crippen LogP contribution in [0.4, 0.5) is 24.5 Å². The summed E-state index contributed by atoms with van der Waals surface area (Å²) >= 11 is 0. The molecular formula is C27H29F3N4O4S. The summed E-state index contributed by atoms with van der Waals surface area (Å²) in [5, 5.41) is 12.2. The van der Waals surface area contributed by atoms with Gasteiger partial charge in [-0.1, -0.05) is 18.6 Å². The molecule has 0 radical (unpaired) electrons. The van der Waals surface area contributed by atoms with E-state index in [9.17, 15) is 21.6 Å². The second kappa shape index (κ2) is 11.1. The summed E-state index contributed by atoms with van der Waals surface area (Å²) in [4.78, 5) is -0.114. The summed E-state index contributed by atoms with van der Waals surface area (Å²) < 4.78 is 75.7. The second-order valence-electron chi connectivity index (χ2n) is 9.28. The lowest BCUT2D eigenvalue weighted by Crippen LogP contribution is -2.31. The second-order valence-corrected chi connectivity index (χ2v) is 10.8. The van der Waals surface area contributed by atoms with E-state index in [2.05, 4.69) is 29.1 Å². The van der Waals surface area contributed by atoms with Crippen LogP contribution in [0.15, 0.2) is 59.7 Å². The predicted octanol–water partition coefficient (Wildman–Crippen LogP) is 4.82. The van der Waals surface area contributed by atoms with Gasteiger partial charge in [-0.15, -0.1) is 0 Å². The Labute approximate surface area is 225 Å². The number of ether oxygens (including phenoxy) is 2. The molecule has 0 unspecified atom stereocenters. The highest BCUT2D eigenvalue weighted by Gasteiger charge is 2.30. The fraction of sp³-hybridized carbons (Fsp3) is 0.333. The number of primary sulfonamides is 1. The first-order valence-electron chi connectivity index (χ1n) is 12.1. The molecule has 2 heterocycles. The fourth-order valence-corrected chi connectivity index (χ4v) is 5.13. The number of sulfonamides is 1. The van der Waals surface area contributed by atoms with Gasteiger partial charge in [-0.3, -0.25) is 0 Å². The third-order valence-corrected chi connectivity index (χ3v) is 7.10. The van der Waals surface area contributed by atoms with Gasteiger partial charge < -0.3 is 24.7 Å². The molecule has 4 rings (SSSR count). The van der Waals surface area contributed by atoms with E-state index in [0.29, 0.717) is 34.5 Å². The molecule has 0 bridgehead atoms. The largest absolute Gasteiger partial charge is 0.496 e. The molecule has 1 aliphatic heterocycles. The molecule has 1 aliphatic rings. The molecule has 39 heavy (non-hydrogen) atoms. The highest BCUT2D eigenvalue weighted by atomic mass is 32.2. The first-order chi connectivity index (χ1) is 18.3. The first-order valence-corrected chi connectivity index (χ1v) is 13.6. The van der Waals surface area contributed by atoms with Gasteiger partial charge in [0.05, 0.1) is 47.3 Å². The maximum absolute atomic E-state index is 13.5. The van der Waals surface area contributed by atoms with Crippen molar-refractivity contribution < 1.29 is 31.1 Å². The molecule has 208 valence electrons. The van der Waals surface area contributed by atoms with Crippen LogP contribution in [0.3, 0.4) is 0 Å². The Morgan fingerprint density at radius 3 is 2.67 bits per heavy atom. The van der Waals surface area contributed by atoms with Crippen LogP contribution in [0.2, 0.25) is 0 Å². The fourth-order valence-electron chi connectivity index (χ4n) is 4.60. The molecule has 0 spiro atoms. The summed E-state index contributed by atoms with van der Waals surface area (Å²) in [6.07, 6.45) is -3.12. The molecule has 3 aromatic rings. The number of methoxy groups -OCH3 is 1. The first kappa shape index (κ1) is 28.2. The number of fused-ring (bicyclic) bond motifs is 1. The summed E-state index contributed by atoms with van der Waals surface area (Å²) in [6, 6.07) is 10.9. The zero-order valence-corrected chi connectivity index (χ0v) is 22.2. The van der Waals surface area contributed by atoms with E-state index in [1.54, 1.807) is 18.2 Å². The average molecular weight is 563 g/mol. The summed E-state index contributed by atoms with van der Waals surface area (Å²) in [5.41, 5.74) is 1.78. The van der Waals surface area contributed by atoms with Gasteiger partial charge >= 0.3 is 6.18 Å². The zero-order chi connectivity index (χ0) is 28.4. The Balaban J connectivity index is 1.61. The van der Waals surface area contributed by atoms with E-state index in [1.807, 2.05) is 13.0 Å². The Kier molecular flexibility index (Phi) is 8.04. The Morgan fingerprint density at radius 1 is 1.23 bits per heavy atom. The van der Waals surface area contributed by atoms with Crippen molar-refractivity contribution in [3.05, 3.63) is 60.5 Å². The molecule has 4 N–H and O–H groups in total. The SMILES string of the molecule is C=C1C[C@H](Nc2cccc3c2cc(C#CCNc2ccc(S(N)(=O)=O)cc2OC)n3CC(F)(F)F)C[C@H](C)O1. The summed E-state index contributed by atoms with van der Waals surface area (Å²) in [6.45, 7) is 4.73. The Morgan fingerprint density at radius 2 is 2.00 bits per heavy atom. The number of benzene rings is 2. The van der Waals surface area contributed by atoms with Gasteiger partial charge in [0, 0.05) is 36.0 Å². The molecule has 1 fully saturated rings. The summed E-state index contributed by atoms with van der Waals surface area (Å²) in [7, 11) is -2.54. The van der Waals surface area contributed by atoms with Gasteiger partial charge in [0.1, 0.15) is 12.3 Å². The van der Waals surface area contributed by atoms with Gasteiger partial charge in [0.25, 0.3) is 0 Å². The predicted molar refractivity (Wildman–Crippen MR) is 144 cm³/mol. The lowest BCUT2D eigenvalue weighted by Gasteiger charge is -2.31. The number of anilines is 2. The molecule has 0 aliphatic carbocycles. The molecule has 12 heteroatoms. The lowest BCUT2D eigenvalue weighted by atomic mass is 10.0. The Bertz CT molecular complexity index is 1550. The van der Waals surface area contributed by atoms with E-state index < -0.39 is 22.7 Å². The number of nitrogens with one attached hydrogen (secondary N) is 2. The quantitative estimate of drug-likeness (QED) is 0.357. The minimum Gasteiger partial charge on any atom is -0.496 e. The number of hydrogen-bond donors (Lipinski definition) is 3. The van der Waals surface area contributed by atoms with Gasteiger partial charge in [0.15, 0.2) is 0 Å². The number of halogens is 3. The molecule has 1 aromatic heterocycles. The molecule has 0 amide bonds.